The predicted molar refractivity (Wildman–Crippen MR) is 112 cm³/mol. The molecular weight excluding hydrogens is 370 g/mol. The van der Waals surface area contributed by atoms with Gasteiger partial charge < -0.3 is 10.4 Å². The summed E-state index contributed by atoms with van der Waals surface area (Å²) in [6.07, 6.45) is 0. The van der Waals surface area contributed by atoms with Gasteiger partial charge >= 0.3 is 0 Å². The van der Waals surface area contributed by atoms with Crippen LogP contribution >= 0.6 is 11.8 Å². The van der Waals surface area contributed by atoms with Crippen molar-refractivity contribution in [1.82, 2.24) is 9.97 Å². The predicted octanol–water partition coefficient (Wildman–Crippen LogP) is 4.73. The van der Waals surface area contributed by atoms with E-state index >= 15 is 0 Å². The van der Waals surface area contributed by atoms with E-state index < -0.39 is 0 Å². The standard InChI is InChI=1S/C22H17N3O2S/c26-17-10-6-9-16(13-17)23-20(27)14-28-22-18-11-4-5-12-19(18)24-21(25-22)15-7-2-1-3-8-15/h1-13,26H,14H2,(H,23,27). The van der Waals surface area contributed by atoms with E-state index in [0.29, 0.717) is 11.5 Å². The molecule has 4 rings (SSSR count). The molecule has 2 N–H and O–H groups in total. The minimum atomic E-state index is -0.167. The Morgan fingerprint density at radius 3 is 2.54 bits per heavy atom. The maximum Gasteiger partial charge on any atom is 0.234 e. The van der Waals surface area contributed by atoms with Gasteiger partial charge in [-0.3, -0.25) is 4.79 Å². The molecule has 3 aromatic carbocycles. The summed E-state index contributed by atoms with van der Waals surface area (Å²) >= 11 is 1.36. The summed E-state index contributed by atoms with van der Waals surface area (Å²) in [6, 6.07) is 24.0. The van der Waals surface area contributed by atoms with Crippen LogP contribution in [0.2, 0.25) is 0 Å². The number of carbonyl (C=O) groups is 1. The zero-order valence-electron chi connectivity index (χ0n) is 14.9. The van der Waals surface area contributed by atoms with Crippen LogP contribution < -0.4 is 5.32 Å². The number of anilines is 1. The Bertz CT molecular complexity index is 1130. The van der Waals surface area contributed by atoms with E-state index in [2.05, 4.69) is 10.3 Å². The molecule has 1 aromatic heterocycles. The van der Waals surface area contributed by atoms with E-state index in [1.165, 1.54) is 17.8 Å². The number of phenolic OH excluding ortho intramolecular Hbond substituents is 1. The van der Waals surface area contributed by atoms with Gasteiger partial charge in [0.1, 0.15) is 10.8 Å². The first-order valence-electron chi connectivity index (χ1n) is 8.73. The summed E-state index contributed by atoms with van der Waals surface area (Å²) < 4.78 is 0. The minimum Gasteiger partial charge on any atom is -0.508 e. The van der Waals surface area contributed by atoms with E-state index in [9.17, 15) is 9.90 Å². The van der Waals surface area contributed by atoms with Gasteiger partial charge in [-0.25, -0.2) is 9.97 Å². The number of hydrogen-bond acceptors (Lipinski definition) is 5. The molecule has 0 unspecified atom stereocenters. The van der Waals surface area contributed by atoms with Gasteiger partial charge in [0.15, 0.2) is 5.82 Å². The zero-order valence-corrected chi connectivity index (χ0v) is 15.7. The number of aromatic nitrogens is 2. The molecule has 0 saturated carbocycles. The van der Waals surface area contributed by atoms with E-state index in [1.807, 2.05) is 54.6 Å². The first-order chi connectivity index (χ1) is 13.7. The van der Waals surface area contributed by atoms with Crippen molar-refractivity contribution in [2.24, 2.45) is 0 Å². The lowest BCUT2D eigenvalue weighted by Gasteiger charge is -2.09. The molecule has 0 saturated heterocycles. The number of nitrogens with one attached hydrogen (secondary N) is 1. The summed E-state index contributed by atoms with van der Waals surface area (Å²) in [5, 5.41) is 14.0. The number of aromatic hydroxyl groups is 1. The fraction of sp³-hybridized carbons (Fsp3) is 0.0455. The number of amides is 1. The van der Waals surface area contributed by atoms with Crippen molar-refractivity contribution >= 4 is 34.3 Å². The maximum atomic E-state index is 12.3. The average molecular weight is 387 g/mol. The van der Waals surface area contributed by atoms with E-state index in [0.717, 1.165) is 21.5 Å². The van der Waals surface area contributed by atoms with E-state index in [-0.39, 0.29) is 17.4 Å². The molecule has 1 heterocycles. The lowest BCUT2D eigenvalue weighted by molar-refractivity contribution is -0.113. The number of rotatable bonds is 5. The highest BCUT2D eigenvalue weighted by atomic mass is 32.2. The average Bonchev–Trinajstić information content (AvgIpc) is 2.72. The highest BCUT2D eigenvalue weighted by Crippen LogP contribution is 2.28. The van der Waals surface area contributed by atoms with Gasteiger partial charge in [-0.1, -0.05) is 66.4 Å². The molecule has 0 radical (unpaired) electrons. The second-order valence-corrected chi connectivity index (χ2v) is 7.09. The van der Waals surface area contributed by atoms with Crippen LogP contribution in [0.4, 0.5) is 5.69 Å². The van der Waals surface area contributed by atoms with Crippen molar-refractivity contribution in [3.63, 3.8) is 0 Å². The normalized spacial score (nSPS) is 10.7. The molecule has 0 spiro atoms. The third-order valence-electron chi connectivity index (χ3n) is 4.07. The first-order valence-corrected chi connectivity index (χ1v) is 9.71. The highest BCUT2D eigenvalue weighted by molar-refractivity contribution is 8.00. The molecule has 5 nitrogen and oxygen atoms in total. The van der Waals surface area contributed by atoms with Gasteiger partial charge in [0.05, 0.1) is 11.3 Å². The van der Waals surface area contributed by atoms with Gasteiger partial charge in [-0.05, 0) is 18.2 Å². The summed E-state index contributed by atoms with van der Waals surface area (Å²) in [4.78, 5) is 21.7. The molecular formula is C22H17N3O2S. The van der Waals surface area contributed by atoms with Crippen LogP contribution in [0.3, 0.4) is 0 Å². The van der Waals surface area contributed by atoms with Gasteiger partial charge in [-0.15, -0.1) is 0 Å². The molecule has 28 heavy (non-hydrogen) atoms. The fourth-order valence-corrected chi connectivity index (χ4v) is 3.61. The van der Waals surface area contributed by atoms with Crippen molar-refractivity contribution in [1.29, 1.82) is 0 Å². The Kier molecular flexibility index (Phi) is 5.21. The summed E-state index contributed by atoms with van der Waals surface area (Å²) in [5.41, 5.74) is 2.33. The van der Waals surface area contributed by atoms with Crippen LogP contribution in [0.15, 0.2) is 83.9 Å². The van der Waals surface area contributed by atoms with Crippen molar-refractivity contribution in [2.75, 3.05) is 11.1 Å². The Morgan fingerprint density at radius 2 is 1.71 bits per heavy atom. The number of phenols is 1. The lowest BCUT2D eigenvalue weighted by atomic mass is 10.2. The van der Waals surface area contributed by atoms with E-state index in [1.54, 1.807) is 18.2 Å². The topological polar surface area (TPSA) is 75.1 Å². The van der Waals surface area contributed by atoms with Gasteiger partial charge in [0.25, 0.3) is 0 Å². The van der Waals surface area contributed by atoms with Crippen LogP contribution in [-0.2, 0) is 4.79 Å². The molecule has 0 fully saturated rings. The van der Waals surface area contributed by atoms with Gasteiger partial charge in [0, 0.05) is 22.7 Å². The van der Waals surface area contributed by atoms with Crippen LogP contribution in [-0.4, -0.2) is 26.7 Å². The molecule has 0 aliphatic carbocycles. The lowest BCUT2D eigenvalue weighted by Crippen LogP contribution is -2.14. The molecule has 0 aliphatic rings. The molecule has 0 atom stereocenters. The Hall–Kier alpha value is -3.38. The van der Waals surface area contributed by atoms with E-state index in [4.69, 9.17) is 4.98 Å². The molecule has 6 heteroatoms. The smallest absolute Gasteiger partial charge is 0.234 e. The zero-order chi connectivity index (χ0) is 19.3. The number of hydrogen-bond donors (Lipinski definition) is 2. The largest absolute Gasteiger partial charge is 0.508 e. The molecule has 0 aliphatic heterocycles. The van der Waals surface area contributed by atoms with Crippen molar-refractivity contribution < 1.29 is 9.90 Å². The first kappa shape index (κ1) is 18.0. The third-order valence-corrected chi connectivity index (χ3v) is 5.06. The second kappa shape index (κ2) is 8.10. The Balaban J connectivity index is 1.58. The van der Waals surface area contributed by atoms with Crippen molar-refractivity contribution in [3.8, 4) is 17.1 Å². The number of carbonyl (C=O) groups excluding carboxylic acids is 1. The Labute approximate surface area is 166 Å². The molecule has 0 bridgehead atoms. The number of thioether (sulfide) groups is 1. The fourth-order valence-electron chi connectivity index (χ4n) is 2.79. The Morgan fingerprint density at radius 1 is 0.929 bits per heavy atom. The number of benzene rings is 3. The van der Waals surface area contributed by atoms with Crippen LogP contribution in [0.1, 0.15) is 0 Å². The van der Waals surface area contributed by atoms with Crippen LogP contribution in [0.5, 0.6) is 5.75 Å². The van der Waals surface area contributed by atoms with Gasteiger partial charge in [0.2, 0.25) is 5.91 Å². The molecule has 1 amide bonds. The molecule has 138 valence electrons. The maximum absolute atomic E-state index is 12.3. The van der Waals surface area contributed by atoms with Gasteiger partial charge in [-0.2, -0.15) is 0 Å². The summed E-state index contributed by atoms with van der Waals surface area (Å²) in [6.45, 7) is 0. The SMILES string of the molecule is O=C(CSc1nc(-c2ccccc2)nc2ccccc12)Nc1cccc(O)c1. The van der Waals surface area contributed by atoms with Crippen molar-refractivity contribution in [2.45, 2.75) is 5.03 Å². The number of fused-ring (bicyclic) bond motifs is 1. The van der Waals surface area contributed by atoms with Crippen LogP contribution in [0, 0.1) is 0 Å². The monoisotopic (exact) mass is 387 g/mol. The third kappa shape index (κ3) is 4.13. The van der Waals surface area contributed by atoms with Crippen molar-refractivity contribution in [3.05, 3.63) is 78.9 Å². The second-order valence-electron chi connectivity index (χ2n) is 6.12. The summed E-state index contributed by atoms with van der Waals surface area (Å²) in [7, 11) is 0. The summed E-state index contributed by atoms with van der Waals surface area (Å²) in [5.74, 6) is 0.778. The minimum absolute atomic E-state index is 0.111. The quantitative estimate of drug-likeness (QED) is 0.382. The highest BCUT2D eigenvalue weighted by Gasteiger charge is 2.12. The number of nitrogens with zero attached hydrogens (tertiary/aromatic N) is 2. The number of para-hydroxylation sites is 1. The molecule has 4 aromatic rings. The van der Waals surface area contributed by atoms with Crippen LogP contribution in [0.25, 0.3) is 22.3 Å².